The van der Waals surface area contributed by atoms with Crippen LogP contribution in [0.3, 0.4) is 0 Å². The summed E-state index contributed by atoms with van der Waals surface area (Å²) < 4.78 is 6.00. The molecule has 0 radical (unpaired) electrons. The van der Waals surface area contributed by atoms with Gasteiger partial charge in [0.2, 0.25) is 5.89 Å². The second-order valence-corrected chi connectivity index (χ2v) is 6.98. The van der Waals surface area contributed by atoms with E-state index in [9.17, 15) is 4.79 Å². The van der Waals surface area contributed by atoms with Crippen LogP contribution in [-0.2, 0) is 6.42 Å². The average Bonchev–Trinajstić information content (AvgIpc) is 3.11. The number of hydrogen-bond acceptors (Lipinski definition) is 3. The maximum absolute atomic E-state index is 12.5. The molecule has 0 bridgehead atoms. The van der Waals surface area contributed by atoms with Crippen molar-refractivity contribution in [2.75, 3.05) is 0 Å². The Morgan fingerprint density at radius 1 is 0.893 bits per heavy atom. The number of ketones is 1. The molecule has 0 saturated carbocycles. The van der Waals surface area contributed by atoms with Crippen molar-refractivity contribution in [3.05, 3.63) is 101 Å². The van der Waals surface area contributed by atoms with Crippen LogP contribution in [0.1, 0.15) is 21.6 Å². The third-order valence-electron chi connectivity index (χ3n) is 4.57. The maximum Gasteiger partial charge on any atom is 0.226 e. The highest BCUT2D eigenvalue weighted by Gasteiger charge is 2.14. The lowest BCUT2D eigenvalue weighted by Crippen LogP contribution is -2.04. The summed E-state index contributed by atoms with van der Waals surface area (Å²) in [6.07, 6.45) is 0.296. The van der Waals surface area contributed by atoms with E-state index >= 15 is 0 Å². The van der Waals surface area contributed by atoms with Crippen LogP contribution in [0.2, 0.25) is 5.02 Å². The molecule has 4 aromatic rings. The van der Waals surface area contributed by atoms with E-state index < -0.39 is 0 Å². The predicted octanol–water partition coefficient (Wildman–Crippen LogP) is 6.40. The SMILES string of the molecule is Cc1nc(-c2ccc(CC(=O)c3ccccc3Cl)cc2)oc1-c1ccccc1. The summed E-state index contributed by atoms with van der Waals surface area (Å²) in [5, 5.41) is 0.479. The van der Waals surface area contributed by atoms with Gasteiger partial charge in [-0.25, -0.2) is 4.98 Å². The van der Waals surface area contributed by atoms with Crippen LogP contribution >= 0.6 is 11.6 Å². The summed E-state index contributed by atoms with van der Waals surface area (Å²) in [4.78, 5) is 17.0. The number of carbonyl (C=O) groups excluding carboxylic acids is 1. The fourth-order valence-corrected chi connectivity index (χ4v) is 3.35. The number of oxazole rings is 1. The Morgan fingerprint density at radius 2 is 1.57 bits per heavy atom. The molecule has 0 atom stereocenters. The summed E-state index contributed by atoms with van der Waals surface area (Å²) in [7, 11) is 0. The van der Waals surface area contributed by atoms with Crippen molar-refractivity contribution in [1.82, 2.24) is 4.98 Å². The Bertz CT molecular complexity index is 1120. The summed E-state index contributed by atoms with van der Waals surface area (Å²) in [5.41, 5.74) is 4.18. The zero-order valence-electron chi connectivity index (χ0n) is 15.4. The van der Waals surface area contributed by atoms with Gasteiger partial charge in [-0.3, -0.25) is 4.79 Å². The smallest absolute Gasteiger partial charge is 0.226 e. The highest BCUT2D eigenvalue weighted by molar-refractivity contribution is 6.34. The molecule has 1 aromatic heterocycles. The molecule has 1 heterocycles. The largest absolute Gasteiger partial charge is 0.436 e. The van der Waals surface area contributed by atoms with Gasteiger partial charge in [0.25, 0.3) is 0 Å². The van der Waals surface area contributed by atoms with Crippen LogP contribution in [0.5, 0.6) is 0 Å². The van der Waals surface area contributed by atoms with Crippen LogP contribution in [-0.4, -0.2) is 10.8 Å². The topological polar surface area (TPSA) is 43.1 Å². The third kappa shape index (κ3) is 3.75. The van der Waals surface area contributed by atoms with E-state index in [-0.39, 0.29) is 5.78 Å². The fourth-order valence-electron chi connectivity index (χ4n) is 3.11. The zero-order valence-corrected chi connectivity index (χ0v) is 16.1. The summed E-state index contributed by atoms with van der Waals surface area (Å²) >= 11 is 6.12. The molecule has 138 valence electrons. The van der Waals surface area contributed by atoms with Crippen LogP contribution in [0, 0.1) is 6.92 Å². The molecule has 0 fully saturated rings. The molecular formula is C24H18ClNO2. The maximum atomic E-state index is 12.5. The minimum absolute atomic E-state index is 0.00307. The van der Waals surface area contributed by atoms with Gasteiger partial charge in [-0.15, -0.1) is 0 Å². The molecule has 4 rings (SSSR count). The van der Waals surface area contributed by atoms with Crippen molar-refractivity contribution in [1.29, 1.82) is 0 Å². The van der Waals surface area contributed by atoms with Gasteiger partial charge in [0.1, 0.15) is 0 Å². The molecule has 0 saturated heterocycles. The number of carbonyl (C=O) groups is 1. The lowest BCUT2D eigenvalue weighted by atomic mass is 10.0. The first kappa shape index (κ1) is 18.2. The fraction of sp³-hybridized carbons (Fsp3) is 0.0833. The van der Waals surface area contributed by atoms with Crippen molar-refractivity contribution in [3.8, 4) is 22.8 Å². The molecule has 0 aliphatic heterocycles. The Labute approximate surface area is 168 Å². The van der Waals surface area contributed by atoms with E-state index in [1.807, 2.05) is 73.7 Å². The van der Waals surface area contributed by atoms with Crippen LogP contribution in [0.25, 0.3) is 22.8 Å². The van der Waals surface area contributed by atoms with Gasteiger partial charge in [0, 0.05) is 23.1 Å². The summed E-state index contributed by atoms with van der Waals surface area (Å²) in [6, 6.07) is 24.7. The van der Waals surface area contributed by atoms with Gasteiger partial charge in [0.05, 0.1) is 10.7 Å². The quantitative estimate of drug-likeness (QED) is 0.372. The van der Waals surface area contributed by atoms with E-state index in [2.05, 4.69) is 4.98 Å². The van der Waals surface area contributed by atoms with Crippen molar-refractivity contribution in [2.24, 2.45) is 0 Å². The molecule has 0 amide bonds. The lowest BCUT2D eigenvalue weighted by molar-refractivity contribution is 0.0993. The van der Waals surface area contributed by atoms with Gasteiger partial charge in [-0.1, -0.05) is 66.2 Å². The van der Waals surface area contributed by atoms with Gasteiger partial charge < -0.3 is 4.42 Å². The zero-order chi connectivity index (χ0) is 19.5. The van der Waals surface area contributed by atoms with Crippen molar-refractivity contribution in [3.63, 3.8) is 0 Å². The number of nitrogens with zero attached hydrogens (tertiary/aromatic N) is 1. The predicted molar refractivity (Wildman–Crippen MR) is 112 cm³/mol. The third-order valence-corrected chi connectivity index (χ3v) is 4.90. The monoisotopic (exact) mass is 387 g/mol. The van der Waals surface area contributed by atoms with Gasteiger partial charge in [-0.2, -0.15) is 0 Å². The van der Waals surface area contributed by atoms with Crippen molar-refractivity contribution < 1.29 is 9.21 Å². The van der Waals surface area contributed by atoms with E-state index in [1.165, 1.54) is 0 Å². The normalized spacial score (nSPS) is 10.8. The van der Waals surface area contributed by atoms with Gasteiger partial charge in [-0.05, 0) is 36.8 Å². The van der Waals surface area contributed by atoms with Crippen molar-refractivity contribution >= 4 is 17.4 Å². The molecule has 0 aliphatic carbocycles. The van der Waals surface area contributed by atoms with E-state index in [0.717, 1.165) is 28.1 Å². The number of rotatable bonds is 5. The highest BCUT2D eigenvalue weighted by Crippen LogP contribution is 2.29. The summed E-state index contributed by atoms with van der Waals surface area (Å²) in [6.45, 7) is 1.94. The molecule has 3 nitrogen and oxygen atoms in total. The number of aromatic nitrogens is 1. The first-order valence-electron chi connectivity index (χ1n) is 9.02. The Balaban J connectivity index is 1.54. The molecule has 28 heavy (non-hydrogen) atoms. The molecule has 0 unspecified atom stereocenters. The molecule has 0 N–H and O–H groups in total. The lowest BCUT2D eigenvalue weighted by Gasteiger charge is -2.04. The Kier molecular flexibility index (Phi) is 5.09. The van der Waals surface area contributed by atoms with E-state index in [1.54, 1.807) is 12.1 Å². The first-order chi connectivity index (χ1) is 13.6. The van der Waals surface area contributed by atoms with Crippen molar-refractivity contribution in [2.45, 2.75) is 13.3 Å². The number of Topliss-reactive ketones (excluding diaryl/α,β-unsaturated/α-hetero) is 1. The Hall–Kier alpha value is -3.17. The minimum Gasteiger partial charge on any atom is -0.436 e. The molecule has 0 aliphatic rings. The number of aryl methyl sites for hydroxylation is 1. The molecule has 3 aromatic carbocycles. The Morgan fingerprint density at radius 3 is 2.29 bits per heavy atom. The van der Waals surface area contributed by atoms with E-state index in [4.69, 9.17) is 16.0 Å². The number of halogens is 1. The van der Waals surface area contributed by atoms with E-state index in [0.29, 0.717) is 22.9 Å². The first-order valence-corrected chi connectivity index (χ1v) is 9.39. The number of benzene rings is 3. The minimum atomic E-state index is -0.00307. The molecule has 4 heteroatoms. The molecular weight excluding hydrogens is 370 g/mol. The van der Waals surface area contributed by atoms with Crippen LogP contribution in [0.4, 0.5) is 0 Å². The van der Waals surface area contributed by atoms with Crippen LogP contribution < -0.4 is 0 Å². The van der Waals surface area contributed by atoms with Gasteiger partial charge in [0.15, 0.2) is 11.5 Å². The number of hydrogen-bond donors (Lipinski definition) is 0. The second kappa shape index (κ2) is 7.83. The van der Waals surface area contributed by atoms with Gasteiger partial charge >= 0.3 is 0 Å². The average molecular weight is 388 g/mol. The highest BCUT2D eigenvalue weighted by atomic mass is 35.5. The van der Waals surface area contributed by atoms with Crippen LogP contribution in [0.15, 0.2) is 83.3 Å². The molecule has 0 spiro atoms. The standard InChI is InChI=1S/C24H18ClNO2/c1-16-23(18-7-3-2-4-8-18)28-24(26-16)19-13-11-17(12-14-19)15-22(27)20-9-5-6-10-21(20)25/h2-14H,15H2,1H3. The second-order valence-electron chi connectivity index (χ2n) is 6.58. The summed E-state index contributed by atoms with van der Waals surface area (Å²) in [5.74, 6) is 1.34.